The summed E-state index contributed by atoms with van der Waals surface area (Å²) in [4.78, 5) is 17.4. The van der Waals surface area contributed by atoms with Gasteiger partial charge >= 0.3 is 0 Å². The first-order chi connectivity index (χ1) is 15.9. The molecule has 4 rings (SSSR count). The highest BCUT2D eigenvalue weighted by Crippen LogP contribution is 2.27. The van der Waals surface area contributed by atoms with Crippen molar-refractivity contribution in [2.75, 3.05) is 37.4 Å². The van der Waals surface area contributed by atoms with Crippen LogP contribution in [0.15, 0.2) is 58.5 Å². The average Bonchev–Trinajstić information content (AvgIpc) is 2.83. The van der Waals surface area contributed by atoms with E-state index in [1.54, 1.807) is 18.2 Å². The summed E-state index contributed by atoms with van der Waals surface area (Å²) in [6.45, 7) is 5.52. The Morgan fingerprint density at radius 3 is 2.67 bits per heavy atom. The van der Waals surface area contributed by atoms with Gasteiger partial charge in [-0.25, -0.2) is 13.4 Å². The maximum atomic E-state index is 13.0. The van der Waals surface area contributed by atoms with E-state index in [9.17, 15) is 13.2 Å². The number of sulfonamides is 1. The topological polar surface area (TPSA) is 88.6 Å². The second-order valence-electron chi connectivity index (χ2n) is 7.82. The number of benzene rings is 2. The van der Waals surface area contributed by atoms with Crippen LogP contribution < -0.4 is 5.32 Å². The molecule has 7 nitrogen and oxygen atoms in total. The number of para-hydroxylation sites is 1. The molecule has 3 aromatic rings. The predicted molar refractivity (Wildman–Crippen MR) is 131 cm³/mol. The summed E-state index contributed by atoms with van der Waals surface area (Å²) in [5, 5.41) is 4.48. The van der Waals surface area contributed by atoms with Crippen LogP contribution in [-0.2, 0) is 26.0 Å². The summed E-state index contributed by atoms with van der Waals surface area (Å²) >= 11 is 1.36. The number of carbonyl (C=O) groups excluding carboxylic acids is 1. The molecule has 1 aromatic heterocycles. The highest BCUT2D eigenvalue weighted by Gasteiger charge is 2.26. The Balaban J connectivity index is 1.49. The Kier molecular flexibility index (Phi) is 7.33. The normalized spacial score (nSPS) is 15.0. The molecule has 1 saturated heterocycles. The first kappa shape index (κ1) is 23.7. The smallest absolute Gasteiger partial charge is 0.243 e. The molecule has 174 valence electrons. The largest absolute Gasteiger partial charge is 0.379 e. The van der Waals surface area contributed by atoms with Gasteiger partial charge < -0.3 is 10.1 Å². The number of rotatable bonds is 7. The van der Waals surface area contributed by atoms with Crippen molar-refractivity contribution in [3.63, 3.8) is 0 Å². The Labute approximate surface area is 198 Å². The van der Waals surface area contributed by atoms with E-state index >= 15 is 0 Å². The van der Waals surface area contributed by atoms with Gasteiger partial charge in [-0.3, -0.25) is 4.79 Å². The number of morpholine rings is 1. The third-order valence-electron chi connectivity index (χ3n) is 5.59. The van der Waals surface area contributed by atoms with Crippen LogP contribution >= 0.6 is 11.8 Å². The van der Waals surface area contributed by atoms with Gasteiger partial charge in [0, 0.05) is 24.2 Å². The lowest BCUT2D eigenvalue weighted by atomic mass is 10.1. The van der Waals surface area contributed by atoms with Gasteiger partial charge in [-0.1, -0.05) is 36.9 Å². The highest BCUT2D eigenvalue weighted by atomic mass is 32.2. The van der Waals surface area contributed by atoms with E-state index in [0.29, 0.717) is 31.8 Å². The third kappa shape index (κ3) is 5.38. The van der Waals surface area contributed by atoms with E-state index in [0.717, 1.165) is 33.6 Å². The fourth-order valence-electron chi connectivity index (χ4n) is 3.79. The second-order valence-corrected chi connectivity index (χ2v) is 10.8. The predicted octanol–water partition coefficient (Wildman–Crippen LogP) is 3.86. The number of hydrogen-bond acceptors (Lipinski definition) is 6. The van der Waals surface area contributed by atoms with Crippen molar-refractivity contribution in [2.45, 2.75) is 30.2 Å². The van der Waals surface area contributed by atoms with Crippen LogP contribution in [0.25, 0.3) is 10.9 Å². The molecule has 1 fully saturated rings. The van der Waals surface area contributed by atoms with Crippen LogP contribution in [0.3, 0.4) is 0 Å². The lowest BCUT2D eigenvalue weighted by Gasteiger charge is -2.26. The van der Waals surface area contributed by atoms with Gasteiger partial charge in [0.1, 0.15) is 0 Å². The number of aryl methyl sites for hydroxylation is 2. The number of carbonyl (C=O) groups is 1. The average molecular weight is 486 g/mol. The van der Waals surface area contributed by atoms with Crippen molar-refractivity contribution in [3.05, 3.63) is 59.7 Å². The zero-order valence-corrected chi connectivity index (χ0v) is 20.3. The highest BCUT2D eigenvalue weighted by molar-refractivity contribution is 7.99. The minimum atomic E-state index is -3.57. The van der Waals surface area contributed by atoms with Crippen LogP contribution in [0, 0.1) is 6.92 Å². The Morgan fingerprint density at radius 2 is 1.91 bits per heavy atom. The fraction of sp³-hybridized carbons (Fsp3) is 0.333. The molecule has 33 heavy (non-hydrogen) atoms. The number of ether oxygens (including phenoxy) is 1. The molecule has 0 bridgehead atoms. The van der Waals surface area contributed by atoms with Gasteiger partial charge in [-0.15, -0.1) is 0 Å². The van der Waals surface area contributed by atoms with Gasteiger partial charge in [-0.2, -0.15) is 4.31 Å². The van der Waals surface area contributed by atoms with Gasteiger partial charge in [0.05, 0.1) is 34.4 Å². The SMILES string of the molecule is CCc1ccccc1NC(=O)CSc1cc(C)c2cc(S(=O)(=O)N3CCOCC3)ccc2n1. The summed E-state index contributed by atoms with van der Waals surface area (Å²) in [5.41, 5.74) is 3.55. The number of nitrogens with zero attached hydrogens (tertiary/aromatic N) is 2. The summed E-state index contributed by atoms with van der Waals surface area (Å²) < 4.78 is 32.7. The van der Waals surface area contributed by atoms with E-state index in [2.05, 4.69) is 17.2 Å². The molecular weight excluding hydrogens is 458 g/mol. The van der Waals surface area contributed by atoms with Crippen molar-refractivity contribution in [2.24, 2.45) is 0 Å². The first-order valence-electron chi connectivity index (χ1n) is 10.9. The van der Waals surface area contributed by atoms with E-state index in [1.807, 2.05) is 37.3 Å². The number of amides is 1. The molecule has 1 aliphatic heterocycles. The molecule has 0 radical (unpaired) electrons. The molecule has 9 heteroatoms. The van der Waals surface area contributed by atoms with Crippen molar-refractivity contribution in [3.8, 4) is 0 Å². The summed E-state index contributed by atoms with van der Waals surface area (Å²) in [6, 6.07) is 14.7. The standard InChI is InChI=1S/C24H27N3O4S2/c1-3-18-6-4-5-7-21(18)25-23(28)16-32-24-14-17(2)20-15-19(8-9-22(20)26-24)33(29,30)27-10-12-31-13-11-27/h4-9,14-15H,3,10-13,16H2,1-2H3,(H,25,28). The van der Waals surface area contributed by atoms with Crippen LogP contribution in [0.1, 0.15) is 18.1 Å². The zero-order chi connectivity index (χ0) is 23.4. The molecule has 0 spiro atoms. The Bertz CT molecular complexity index is 1270. The van der Waals surface area contributed by atoms with Crippen LogP contribution in [0.4, 0.5) is 5.69 Å². The van der Waals surface area contributed by atoms with E-state index < -0.39 is 10.0 Å². The van der Waals surface area contributed by atoms with Crippen molar-refractivity contribution in [1.82, 2.24) is 9.29 Å². The van der Waals surface area contributed by atoms with E-state index in [-0.39, 0.29) is 16.6 Å². The quantitative estimate of drug-likeness (QED) is 0.512. The number of nitrogens with one attached hydrogen (secondary N) is 1. The third-order valence-corrected chi connectivity index (χ3v) is 8.40. The van der Waals surface area contributed by atoms with Crippen molar-refractivity contribution in [1.29, 1.82) is 0 Å². The summed E-state index contributed by atoms with van der Waals surface area (Å²) in [7, 11) is -3.57. The van der Waals surface area contributed by atoms with Gasteiger partial charge in [0.15, 0.2) is 0 Å². The first-order valence-corrected chi connectivity index (χ1v) is 13.3. The van der Waals surface area contributed by atoms with Crippen molar-refractivity contribution < 1.29 is 17.9 Å². The molecule has 1 N–H and O–H groups in total. The number of aromatic nitrogens is 1. The zero-order valence-electron chi connectivity index (χ0n) is 18.7. The number of anilines is 1. The van der Waals surface area contributed by atoms with Crippen LogP contribution in [0.5, 0.6) is 0 Å². The summed E-state index contributed by atoms with van der Waals surface area (Å²) in [5.74, 6) is 0.145. The van der Waals surface area contributed by atoms with Crippen molar-refractivity contribution >= 4 is 44.3 Å². The number of hydrogen-bond donors (Lipinski definition) is 1. The molecule has 1 amide bonds. The molecule has 2 aromatic carbocycles. The Hall–Kier alpha value is -2.46. The fourth-order valence-corrected chi connectivity index (χ4v) is 6.00. The Morgan fingerprint density at radius 1 is 1.15 bits per heavy atom. The van der Waals surface area contributed by atoms with Gasteiger partial charge in [0.25, 0.3) is 0 Å². The lowest BCUT2D eigenvalue weighted by molar-refractivity contribution is -0.113. The molecule has 1 aliphatic rings. The van der Waals surface area contributed by atoms with E-state index in [1.165, 1.54) is 16.1 Å². The molecular formula is C24H27N3O4S2. The maximum Gasteiger partial charge on any atom is 0.243 e. The summed E-state index contributed by atoms with van der Waals surface area (Å²) in [6.07, 6.45) is 0.846. The van der Waals surface area contributed by atoms with Gasteiger partial charge in [-0.05, 0) is 54.8 Å². The van der Waals surface area contributed by atoms with E-state index in [4.69, 9.17) is 4.74 Å². The maximum absolute atomic E-state index is 13.0. The minimum absolute atomic E-state index is 0.0904. The van der Waals surface area contributed by atoms with Crippen LogP contribution in [-0.4, -0.2) is 55.7 Å². The number of pyridine rings is 1. The minimum Gasteiger partial charge on any atom is -0.379 e. The monoisotopic (exact) mass is 485 g/mol. The molecule has 0 saturated carbocycles. The lowest BCUT2D eigenvalue weighted by Crippen LogP contribution is -2.40. The second kappa shape index (κ2) is 10.2. The molecule has 0 atom stereocenters. The number of thioether (sulfide) groups is 1. The molecule has 0 unspecified atom stereocenters. The number of fused-ring (bicyclic) bond motifs is 1. The van der Waals surface area contributed by atoms with Crippen LogP contribution in [0.2, 0.25) is 0 Å². The molecule has 2 heterocycles. The molecule has 0 aliphatic carbocycles. The van der Waals surface area contributed by atoms with Gasteiger partial charge in [0.2, 0.25) is 15.9 Å².